The zero-order chi connectivity index (χ0) is 20.5. The predicted octanol–water partition coefficient (Wildman–Crippen LogP) is 4.04. The van der Waals surface area contributed by atoms with Crippen LogP contribution in [0.1, 0.15) is 42.4 Å². The minimum Gasteiger partial charge on any atom is -0.343 e. The third kappa shape index (κ3) is 4.70. The van der Waals surface area contributed by atoms with E-state index < -0.39 is 10.0 Å². The Morgan fingerprint density at radius 3 is 2.62 bits per heavy atom. The molecule has 1 fully saturated rings. The molecule has 0 amide bonds. The number of nitrogens with one attached hydrogen (secondary N) is 2. The normalized spacial score (nSPS) is 25.6. The van der Waals surface area contributed by atoms with Crippen LogP contribution in [0.15, 0.2) is 53.5 Å². The molecule has 1 aliphatic heterocycles. The van der Waals surface area contributed by atoms with E-state index in [0.717, 1.165) is 43.6 Å². The van der Waals surface area contributed by atoms with Crippen LogP contribution in [-0.4, -0.2) is 26.6 Å². The summed E-state index contributed by atoms with van der Waals surface area (Å²) in [6.07, 6.45) is 5.71. The van der Waals surface area contributed by atoms with E-state index in [9.17, 15) is 8.42 Å². The Morgan fingerprint density at radius 1 is 1.14 bits per heavy atom. The van der Waals surface area contributed by atoms with Crippen molar-refractivity contribution in [2.45, 2.75) is 51.6 Å². The third-order valence-electron chi connectivity index (χ3n) is 6.13. The van der Waals surface area contributed by atoms with Gasteiger partial charge in [-0.1, -0.05) is 48.0 Å². The summed E-state index contributed by atoms with van der Waals surface area (Å²) in [5.74, 6) is 1.05. The van der Waals surface area contributed by atoms with Gasteiger partial charge in [-0.15, -0.1) is 0 Å². The zero-order valence-electron chi connectivity index (χ0n) is 17.1. The van der Waals surface area contributed by atoms with Crippen LogP contribution in [0.3, 0.4) is 0 Å². The number of anilines is 1. The molecule has 0 atom stereocenters. The number of aliphatic imine (C=N–C) groups is 1. The maximum atomic E-state index is 11.6. The maximum Gasteiger partial charge on any atom is 0.208 e. The van der Waals surface area contributed by atoms with Crippen molar-refractivity contribution < 1.29 is 8.42 Å². The number of hydrogen-bond donors (Lipinski definition) is 2. The van der Waals surface area contributed by atoms with Crippen LogP contribution in [0.2, 0.25) is 0 Å². The molecule has 1 heterocycles. The van der Waals surface area contributed by atoms with Gasteiger partial charge < -0.3 is 5.32 Å². The molecule has 0 unspecified atom stereocenters. The molecule has 2 aromatic carbocycles. The lowest BCUT2D eigenvalue weighted by Crippen LogP contribution is -2.48. The molecule has 5 nitrogen and oxygen atoms in total. The summed E-state index contributed by atoms with van der Waals surface area (Å²) < 4.78 is 26.1. The largest absolute Gasteiger partial charge is 0.343 e. The van der Waals surface area contributed by atoms with E-state index in [0.29, 0.717) is 6.54 Å². The van der Waals surface area contributed by atoms with Gasteiger partial charge in [-0.3, -0.25) is 4.99 Å². The molecule has 1 saturated carbocycles. The lowest BCUT2D eigenvalue weighted by molar-refractivity contribution is 0.248. The number of hydrogen-bond acceptors (Lipinski definition) is 3. The van der Waals surface area contributed by atoms with Gasteiger partial charge in [0, 0.05) is 17.1 Å². The number of sulfonamides is 1. The number of para-hydroxylation sites is 1. The monoisotopic (exact) mass is 411 g/mol. The molecule has 6 heteroatoms. The van der Waals surface area contributed by atoms with Crippen molar-refractivity contribution in [3.8, 4) is 0 Å². The number of nitrogens with zero attached hydrogens (tertiary/aromatic N) is 1. The Labute approximate surface area is 173 Å². The molecular weight excluding hydrogens is 382 g/mol. The first-order valence-corrected chi connectivity index (χ1v) is 12.1. The van der Waals surface area contributed by atoms with Gasteiger partial charge in [-0.25, -0.2) is 13.1 Å². The maximum absolute atomic E-state index is 11.6. The highest BCUT2D eigenvalue weighted by Gasteiger charge is 2.43. The molecule has 2 aliphatic rings. The highest BCUT2D eigenvalue weighted by atomic mass is 32.2. The van der Waals surface area contributed by atoms with Crippen LogP contribution in [0.4, 0.5) is 5.69 Å². The number of amidine groups is 1. The van der Waals surface area contributed by atoms with Crippen LogP contribution >= 0.6 is 0 Å². The van der Waals surface area contributed by atoms with E-state index in [1.165, 1.54) is 22.9 Å². The summed E-state index contributed by atoms with van der Waals surface area (Å²) in [6, 6.07) is 16.9. The SMILES string of the molecule is Cc1cccc(CN=C2Nc3ccccc3CC23CCC(NS(C)(=O)=O)CC3)c1. The van der Waals surface area contributed by atoms with Crippen molar-refractivity contribution in [1.29, 1.82) is 0 Å². The molecule has 154 valence electrons. The fourth-order valence-corrected chi connectivity index (χ4v) is 5.54. The number of fused-ring (bicyclic) bond motifs is 1. The van der Waals surface area contributed by atoms with Gasteiger partial charge in [0.2, 0.25) is 10.0 Å². The quantitative estimate of drug-likeness (QED) is 0.798. The molecule has 29 heavy (non-hydrogen) atoms. The van der Waals surface area contributed by atoms with E-state index in [-0.39, 0.29) is 11.5 Å². The standard InChI is InChI=1S/C23H29N3O2S/c1-17-6-5-7-18(14-17)16-24-22-23(15-19-8-3-4-9-21(19)25-22)12-10-20(11-13-23)26-29(2,27)28/h3-9,14,20,26H,10-13,15-16H2,1-2H3,(H,24,25). The zero-order valence-corrected chi connectivity index (χ0v) is 17.9. The van der Waals surface area contributed by atoms with E-state index in [1.54, 1.807) is 0 Å². The molecular formula is C23H29N3O2S. The molecule has 0 radical (unpaired) electrons. The second-order valence-corrected chi connectivity index (χ2v) is 10.3. The third-order valence-corrected chi connectivity index (χ3v) is 6.89. The Kier molecular flexibility index (Phi) is 5.49. The van der Waals surface area contributed by atoms with Gasteiger partial charge in [0.25, 0.3) is 0 Å². The first-order valence-electron chi connectivity index (χ1n) is 10.3. The second kappa shape index (κ2) is 7.92. The summed E-state index contributed by atoms with van der Waals surface area (Å²) in [5, 5.41) is 3.62. The van der Waals surface area contributed by atoms with Crippen molar-refractivity contribution in [1.82, 2.24) is 4.72 Å². The van der Waals surface area contributed by atoms with Gasteiger partial charge in [0.1, 0.15) is 5.84 Å². The minimum absolute atomic E-state index is 0.0193. The van der Waals surface area contributed by atoms with Crippen molar-refractivity contribution >= 4 is 21.5 Å². The topological polar surface area (TPSA) is 70.6 Å². The summed E-state index contributed by atoms with van der Waals surface area (Å²) in [4.78, 5) is 5.04. The van der Waals surface area contributed by atoms with Gasteiger partial charge >= 0.3 is 0 Å². The lowest BCUT2D eigenvalue weighted by Gasteiger charge is -2.44. The fourth-order valence-electron chi connectivity index (χ4n) is 4.70. The van der Waals surface area contributed by atoms with Crippen molar-refractivity contribution in [2.24, 2.45) is 10.4 Å². The molecule has 0 bridgehead atoms. The number of aryl methyl sites for hydroxylation is 1. The van der Waals surface area contributed by atoms with Crippen LogP contribution in [0.5, 0.6) is 0 Å². The van der Waals surface area contributed by atoms with Crippen LogP contribution in [-0.2, 0) is 23.0 Å². The van der Waals surface area contributed by atoms with Crippen molar-refractivity contribution in [2.75, 3.05) is 11.6 Å². The molecule has 4 rings (SSSR count). The molecule has 1 spiro atoms. The van der Waals surface area contributed by atoms with Gasteiger partial charge in [0.15, 0.2) is 0 Å². The Balaban J connectivity index is 1.60. The summed E-state index contributed by atoms with van der Waals surface area (Å²) in [5.41, 5.74) is 4.86. The van der Waals surface area contributed by atoms with Gasteiger partial charge in [-0.05, 0) is 56.2 Å². The van der Waals surface area contributed by atoms with Crippen LogP contribution in [0, 0.1) is 12.3 Å². The fraction of sp³-hybridized carbons (Fsp3) is 0.435. The molecule has 2 N–H and O–H groups in total. The summed E-state index contributed by atoms with van der Waals surface area (Å²) in [7, 11) is -3.17. The smallest absolute Gasteiger partial charge is 0.208 e. The minimum atomic E-state index is -3.17. The highest BCUT2D eigenvalue weighted by molar-refractivity contribution is 7.88. The highest BCUT2D eigenvalue weighted by Crippen LogP contribution is 2.45. The average molecular weight is 412 g/mol. The Morgan fingerprint density at radius 2 is 1.90 bits per heavy atom. The first-order chi connectivity index (χ1) is 13.8. The predicted molar refractivity (Wildman–Crippen MR) is 119 cm³/mol. The Bertz CT molecular complexity index is 1020. The average Bonchev–Trinajstić information content (AvgIpc) is 2.67. The molecule has 0 saturated heterocycles. The number of benzene rings is 2. The molecule has 2 aromatic rings. The lowest BCUT2D eigenvalue weighted by atomic mass is 9.66. The van der Waals surface area contributed by atoms with E-state index in [1.807, 2.05) is 0 Å². The van der Waals surface area contributed by atoms with Gasteiger partial charge in [-0.2, -0.15) is 0 Å². The van der Waals surface area contributed by atoms with Crippen LogP contribution < -0.4 is 10.0 Å². The van der Waals surface area contributed by atoms with Crippen molar-refractivity contribution in [3.05, 3.63) is 65.2 Å². The number of rotatable bonds is 4. The molecule has 0 aromatic heterocycles. The summed E-state index contributed by atoms with van der Waals surface area (Å²) >= 11 is 0. The first kappa shape index (κ1) is 20.1. The van der Waals surface area contributed by atoms with Crippen LogP contribution in [0.25, 0.3) is 0 Å². The molecule has 1 aliphatic carbocycles. The van der Waals surface area contributed by atoms with Crippen molar-refractivity contribution in [3.63, 3.8) is 0 Å². The second-order valence-electron chi connectivity index (χ2n) is 8.56. The summed E-state index contributed by atoms with van der Waals surface area (Å²) in [6.45, 7) is 2.75. The van der Waals surface area contributed by atoms with Gasteiger partial charge in [0.05, 0.1) is 12.8 Å². The van der Waals surface area contributed by atoms with E-state index >= 15 is 0 Å². The van der Waals surface area contributed by atoms with E-state index in [2.05, 4.69) is 65.5 Å². The Hall–Kier alpha value is -2.18. The van der Waals surface area contributed by atoms with E-state index in [4.69, 9.17) is 4.99 Å².